The number of thiazole rings is 2. The highest BCUT2D eigenvalue weighted by atomic mass is 32.1. The Hall–Kier alpha value is -0.780. The first kappa shape index (κ1) is 14.6. The molecule has 0 bridgehead atoms. The van der Waals surface area contributed by atoms with Gasteiger partial charge in [-0.2, -0.15) is 0 Å². The van der Waals surface area contributed by atoms with Crippen molar-refractivity contribution in [1.82, 2.24) is 9.97 Å². The molecule has 0 atom stereocenters. The van der Waals surface area contributed by atoms with Crippen LogP contribution in [0.1, 0.15) is 45.0 Å². The van der Waals surface area contributed by atoms with Gasteiger partial charge in [-0.3, -0.25) is 0 Å². The molecule has 0 saturated heterocycles. The third-order valence-electron chi connectivity index (χ3n) is 3.54. The summed E-state index contributed by atoms with van der Waals surface area (Å²) in [4.78, 5) is 11.4. The van der Waals surface area contributed by atoms with Crippen LogP contribution < -0.4 is 0 Å². The summed E-state index contributed by atoms with van der Waals surface area (Å²) in [5.74, 6) is 0.0300. The van der Waals surface area contributed by atoms with Gasteiger partial charge in [0.25, 0.3) is 0 Å². The molecule has 3 nitrogen and oxygen atoms in total. The van der Waals surface area contributed by atoms with Crippen LogP contribution >= 0.6 is 22.7 Å². The van der Waals surface area contributed by atoms with Crippen LogP contribution in [0.3, 0.4) is 0 Å². The lowest BCUT2D eigenvalue weighted by atomic mass is 9.91. The zero-order chi connectivity index (χ0) is 14.4. The van der Waals surface area contributed by atoms with Crippen LogP contribution in [-0.4, -0.2) is 15.1 Å². The van der Waals surface area contributed by atoms with E-state index in [0.717, 1.165) is 31.2 Å². The summed E-state index contributed by atoms with van der Waals surface area (Å²) in [7, 11) is 0. The van der Waals surface area contributed by atoms with Crippen LogP contribution in [-0.2, 0) is 5.60 Å². The first-order chi connectivity index (χ1) is 8.76. The van der Waals surface area contributed by atoms with Gasteiger partial charge in [0.2, 0.25) is 0 Å². The second kappa shape index (κ2) is 4.96. The van der Waals surface area contributed by atoms with Crippen molar-refractivity contribution in [3.8, 4) is 0 Å². The Morgan fingerprint density at radius 3 is 1.47 bits per heavy atom. The smallest absolute Gasteiger partial charge is 0.169 e. The molecule has 0 amide bonds. The molecular weight excluding hydrogens is 276 g/mol. The summed E-state index contributed by atoms with van der Waals surface area (Å²) < 4.78 is 0. The summed E-state index contributed by atoms with van der Waals surface area (Å²) in [6.07, 6.45) is 0. The summed E-state index contributed by atoms with van der Waals surface area (Å²) in [6.45, 7) is 12.1. The molecule has 2 aromatic rings. The van der Waals surface area contributed by atoms with Crippen LogP contribution in [0.15, 0.2) is 0 Å². The van der Waals surface area contributed by atoms with Crippen LogP contribution in [0.25, 0.3) is 0 Å². The van der Waals surface area contributed by atoms with Gasteiger partial charge in [0.1, 0.15) is 10.0 Å². The summed E-state index contributed by atoms with van der Waals surface area (Å²) in [6, 6.07) is 0. The van der Waals surface area contributed by atoms with E-state index in [0.29, 0.717) is 0 Å². The Bertz CT molecular complexity index is 513. The van der Waals surface area contributed by atoms with Crippen molar-refractivity contribution in [2.75, 3.05) is 0 Å². The van der Waals surface area contributed by atoms with E-state index < -0.39 is 5.60 Å². The normalized spacial score (nSPS) is 12.4. The van der Waals surface area contributed by atoms with E-state index in [9.17, 15) is 5.11 Å². The van der Waals surface area contributed by atoms with E-state index in [4.69, 9.17) is 0 Å². The Morgan fingerprint density at radius 2 is 1.26 bits per heavy atom. The average Bonchev–Trinajstić information content (AvgIpc) is 2.83. The van der Waals surface area contributed by atoms with Crippen LogP contribution in [0.2, 0.25) is 0 Å². The molecule has 0 spiro atoms. The molecule has 104 valence electrons. The van der Waals surface area contributed by atoms with Crippen molar-refractivity contribution in [1.29, 1.82) is 0 Å². The second-order valence-electron chi connectivity index (χ2n) is 5.24. The van der Waals surface area contributed by atoms with Gasteiger partial charge in [0, 0.05) is 9.75 Å². The molecule has 0 radical (unpaired) electrons. The van der Waals surface area contributed by atoms with Gasteiger partial charge >= 0.3 is 0 Å². The molecule has 0 aromatic carbocycles. The predicted octanol–water partition coefficient (Wildman–Crippen LogP) is 3.73. The molecule has 0 unspecified atom stereocenters. The quantitative estimate of drug-likeness (QED) is 0.939. The van der Waals surface area contributed by atoms with E-state index in [1.54, 1.807) is 22.7 Å². The maximum absolute atomic E-state index is 11.2. The molecule has 2 rings (SSSR count). The Balaban J connectivity index is 2.60. The summed E-state index contributed by atoms with van der Waals surface area (Å²) in [5, 5.41) is 12.7. The van der Waals surface area contributed by atoms with Crippen molar-refractivity contribution in [2.45, 2.75) is 47.1 Å². The van der Waals surface area contributed by atoms with Crippen LogP contribution in [0.5, 0.6) is 0 Å². The highest BCUT2D eigenvalue weighted by Crippen LogP contribution is 2.41. The van der Waals surface area contributed by atoms with E-state index >= 15 is 0 Å². The van der Waals surface area contributed by atoms with Crippen molar-refractivity contribution in [3.05, 3.63) is 31.2 Å². The molecule has 0 saturated carbocycles. The lowest BCUT2D eigenvalue weighted by Gasteiger charge is -2.27. The highest BCUT2D eigenvalue weighted by Gasteiger charge is 2.41. The fraction of sp³-hybridized carbons (Fsp3) is 0.571. The maximum Gasteiger partial charge on any atom is 0.169 e. The van der Waals surface area contributed by atoms with E-state index in [2.05, 4.69) is 9.97 Å². The molecule has 2 aromatic heterocycles. The van der Waals surface area contributed by atoms with Crippen molar-refractivity contribution in [2.24, 2.45) is 5.92 Å². The van der Waals surface area contributed by atoms with E-state index in [1.165, 1.54) is 0 Å². The third kappa shape index (κ3) is 2.35. The topological polar surface area (TPSA) is 46.0 Å². The van der Waals surface area contributed by atoms with Crippen LogP contribution in [0, 0.1) is 33.6 Å². The first-order valence-corrected chi connectivity index (χ1v) is 8.01. The fourth-order valence-electron chi connectivity index (χ4n) is 1.86. The molecule has 5 heteroatoms. The number of aliphatic hydroxyl groups is 1. The van der Waals surface area contributed by atoms with Gasteiger partial charge < -0.3 is 5.11 Å². The number of rotatable bonds is 3. The lowest BCUT2D eigenvalue weighted by Crippen LogP contribution is -2.33. The van der Waals surface area contributed by atoms with Crippen LogP contribution in [0.4, 0.5) is 0 Å². The first-order valence-electron chi connectivity index (χ1n) is 6.38. The van der Waals surface area contributed by atoms with E-state index in [-0.39, 0.29) is 5.92 Å². The van der Waals surface area contributed by atoms with Crippen molar-refractivity contribution in [3.63, 3.8) is 0 Å². The van der Waals surface area contributed by atoms with Gasteiger partial charge in [0.05, 0.1) is 11.4 Å². The van der Waals surface area contributed by atoms with Gasteiger partial charge in [-0.1, -0.05) is 13.8 Å². The predicted molar refractivity (Wildman–Crippen MR) is 81.0 cm³/mol. The Morgan fingerprint density at radius 1 is 0.895 bits per heavy atom. The SMILES string of the molecule is Cc1nc(C(O)(c2nc(C)c(C)s2)C(C)C)sc1C. The monoisotopic (exact) mass is 296 g/mol. The molecule has 0 aliphatic carbocycles. The minimum Gasteiger partial charge on any atom is -0.375 e. The molecule has 2 heterocycles. The second-order valence-corrected chi connectivity index (χ2v) is 7.65. The third-order valence-corrected chi connectivity index (χ3v) is 5.94. The minimum atomic E-state index is -1.08. The summed E-state index contributed by atoms with van der Waals surface area (Å²) in [5.41, 5.74) is 0.904. The Labute approximate surface area is 122 Å². The molecule has 0 aliphatic rings. The number of aromatic nitrogens is 2. The molecule has 19 heavy (non-hydrogen) atoms. The molecule has 1 N–H and O–H groups in total. The van der Waals surface area contributed by atoms with Gasteiger partial charge in [-0.25, -0.2) is 9.97 Å². The highest BCUT2D eigenvalue weighted by molar-refractivity contribution is 7.13. The zero-order valence-electron chi connectivity index (χ0n) is 12.2. The molecule has 0 fully saturated rings. The lowest BCUT2D eigenvalue weighted by molar-refractivity contribution is 0.0311. The van der Waals surface area contributed by atoms with Gasteiger partial charge in [-0.05, 0) is 33.6 Å². The average molecular weight is 296 g/mol. The summed E-state index contributed by atoms with van der Waals surface area (Å²) >= 11 is 3.13. The standard InChI is InChI=1S/C14H20N2OS2/c1-7(2)14(17,12-15-8(3)10(5)18-12)13-16-9(4)11(6)19-13/h7,17H,1-6H3. The number of aryl methyl sites for hydroxylation is 4. The van der Waals surface area contributed by atoms with Crippen molar-refractivity contribution >= 4 is 22.7 Å². The molecular formula is C14H20N2OS2. The fourth-order valence-corrected chi connectivity index (χ4v) is 4.23. The zero-order valence-corrected chi connectivity index (χ0v) is 13.9. The largest absolute Gasteiger partial charge is 0.375 e. The van der Waals surface area contributed by atoms with E-state index in [1.807, 2.05) is 41.5 Å². The maximum atomic E-state index is 11.2. The van der Waals surface area contributed by atoms with Crippen molar-refractivity contribution < 1.29 is 5.11 Å². The van der Waals surface area contributed by atoms with Gasteiger partial charge in [0.15, 0.2) is 5.60 Å². The minimum absolute atomic E-state index is 0.0300. The Kier molecular flexibility index (Phi) is 3.82. The molecule has 0 aliphatic heterocycles. The van der Waals surface area contributed by atoms with Gasteiger partial charge in [-0.15, -0.1) is 22.7 Å². The number of hydrogen-bond donors (Lipinski definition) is 1. The number of nitrogens with zero attached hydrogens (tertiary/aromatic N) is 2. The number of hydrogen-bond acceptors (Lipinski definition) is 5.